The third-order valence-electron chi connectivity index (χ3n) is 5.56. The van der Waals surface area contributed by atoms with Crippen molar-refractivity contribution in [2.75, 3.05) is 51.2 Å². The number of carbonyl (C=O) groups excluding carboxylic acids is 1. The van der Waals surface area contributed by atoms with E-state index in [0.29, 0.717) is 25.4 Å². The van der Waals surface area contributed by atoms with Crippen LogP contribution in [0, 0.1) is 0 Å². The molecule has 162 valence electrons. The molecule has 2 atom stereocenters. The lowest BCUT2D eigenvalue weighted by Crippen LogP contribution is -2.53. The standard InChI is InChI=1S/C22H29N3O4S/c1-2-16-11-22(30-15-16)23-21(27)13-25-9-7-24(8-10-25)12-17(26)20-14-28-18-5-3-4-6-19(18)29-20/h3-6,11,15,17,20,26H,2,7-10,12-14H2,1H3,(H,23,27). The van der Waals surface area contributed by atoms with Gasteiger partial charge in [0.1, 0.15) is 12.7 Å². The number of ether oxygens (including phenoxy) is 2. The summed E-state index contributed by atoms with van der Waals surface area (Å²) < 4.78 is 11.6. The Labute approximate surface area is 181 Å². The summed E-state index contributed by atoms with van der Waals surface area (Å²) in [7, 11) is 0. The minimum absolute atomic E-state index is 0.0272. The zero-order chi connectivity index (χ0) is 20.9. The Hall–Kier alpha value is -2.13. The maximum atomic E-state index is 12.3. The highest BCUT2D eigenvalue weighted by atomic mass is 32.1. The van der Waals surface area contributed by atoms with Gasteiger partial charge in [-0.2, -0.15) is 0 Å². The van der Waals surface area contributed by atoms with Crippen LogP contribution >= 0.6 is 11.3 Å². The fourth-order valence-electron chi connectivity index (χ4n) is 3.74. The first-order valence-corrected chi connectivity index (χ1v) is 11.4. The predicted molar refractivity (Wildman–Crippen MR) is 118 cm³/mol. The normalized spacial score (nSPS) is 20.7. The van der Waals surface area contributed by atoms with Gasteiger partial charge in [-0.15, -0.1) is 11.3 Å². The molecule has 2 unspecified atom stereocenters. The van der Waals surface area contributed by atoms with Crippen LogP contribution in [0.4, 0.5) is 5.00 Å². The Kier molecular flexibility index (Phi) is 6.89. The van der Waals surface area contributed by atoms with Crippen LogP contribution in [-0.4, -0.2) is 78.9 Å². The van der Waals surface area contributed by atoms with Crippen LogP contribution in [0.1, 0.15) is 12.5 Å². The molecule has 4 rings (SSSR count). The second-order valence-electron chi connectivity index (χ2n) is 7.78. The van der Waals surface area contributed by atoms with Crippen molar-refractivity contribution in [1.29, 1.82) is 0 Å². The van der Waals surface area contributed by atoms with Gasteiger partial charge < -0.3 is 19.9 Å². The summed E-state index contributed by atoms with van der Waals surface area (Å²) in [4.78, 5) is 16.7. The van der Waals surface area contributed by atoms with E-state index in [1.54, 1.807) is 11.3 Å². The molecule has 1 aromatic carbocycles. The third kappa shape index (κ3) is 5.31. The topological polar surface area (TPSA) is 74.3 Å². The summed E-state index contributed by atoms with van der Waals surface area (Å²) in [6.07, 6.45) is -0.0210. The van der Waals surface area contributed by atoms with Gasteiger partial charge >= 0.3 is 0 Å². The van der Waals surface area contributed by atoms with Crippen molar-refractivity contribution >= 4 is 22.2 Å². The molecule has 1 fully saturated rings. The Morgan fingerprint density at radius 2 is 1.97 bits per heavy atom. The number of para-hydroxylation sites is 2. The number of hydrogen-bond donors (Lipinski definition) is 2. The van der Waals surface area contributed by atoms with Crippen molar-refractivity contribution in [3.63, 3.8) is 0 Å². The van der Waals surface area contributed by atoms with Crippen LogP contribution in [0.25, 0.3) is 0 Å². The molecular weight excluding hydrogens is 402 g/mol. The highest BCUT2D eigenvalue weighted by Crippen LogP contribution is 2.31. The number of aliphatic hydroxyl groups excluding tert-OH is 1. The molecule has 1 saturated heterocycles. The number of aryl methyl sites for hydroxylation is 1. The quantitative estimate of drug-likeness (QED) is 0.699. The van der Waals surface area contributed by atoms with E-state index in [-0.39, 0.29) is 12.0 Å². The van der Waals surface area contributed by atoms with Crippen LogP contribution in [0.3, 0.4) is 0 Å². The van der Waals surface area contributed by atoms with E-state index >= 15 is 0 Å². The fraction of sp³-hybridized carbons (Fsp3) is 0.500. The minimum atomic E-state index is -0.625. The van der Waals surface area contributed by atoms with E-state index in [4.69, 9.17) is 9.47 Å². The summed E-state index contributed by atoms with van der Waals surface area (Å²) in [6, 6.07) is 9.57. The lowest BCUT2D eigenvalue weighted by molar-refractivity contribution is -0.117. The van der Waals surface area contributed by atoms with Crippen molar-refractivity contribution < 1.29 is 19.4 Å². The predicted octanol–water partition coefficient (Wildman–Crippen LogP) is 2.07. The summed E-state index contributed by atoms with van der Waals surface area (Å²) in [5, 5.41) is 16.6. The van der Waals surface area contributed by atoms with Crippen molar-refractivity contribution in [3.05, 3.63) is 41.3 Å². The maximum absolute atomic E-state index is 12.3. The largest absolute Gasteiger partial charge is 0.486 e. The molecule has 0 aliphatic carbocycles. The average molecular weight is 432 g/mol. The molecule has 2 N–H and O–H groups in total. The Balaban J connectivity index is 1.19. The number of carbonyl (C=O) groups is 1. The lowest BCUT2D eigenvalue weighted by Gasteiger charge is -2.37. The van der Waals surface area contributed by atoms with Gasteiger partial charge in [0.05, 0.1) is 11.5 Å². The van der Waals surface area contributed by atoms with Crippen molar-refractivity contribution in [2.24, 2.45) is 0 Å². The maximum Gasteiger partial charge on any atom is 0.239 e. The first-order valence-electron chi connectivity index (χ1n) is 10.5. The summed E-state index contributed by atoms with van der Waals surface area (Å²) >= 11 is 1.57. The first kappa shape index (κ1) is 21.1. The average Bonchev–Trinajstić information content (AvgIpc) is 3.22. The van der Waals surface area contributed by atoms with E-state index in [1.165, 1.54) is 5.56 Å². The lowest BCUT2D eigenvalue weighted by atomic mass is 10.1. The summed E-state index contributed by atoms with van der Waals surface area (Å²) in [5.41, 5.74) is 1.25. The second-order valence-corrected chi connectivity index (χ2v) is 8.69. The van der Waals surface area contributed by atoms with Crippen LogP contribution in [0.2, 0.25) is 0 Å². The van der Waals surface area contributed by atoms with Gasteiger partial charge in [-0.1, -0.05) is 19.1 Å². The highest BCUT2D eigenvalue weighted by Gasteiger charge is 2.30. The SMILES string of the molecule is CCc1csc(NC(=O)CN2CCN(CC(O)C3COc4ccccc4O3)CC2)c1. The number of fused-ring (bicyclic) bond motifs is 1. The first-order chi connectivity index (χ1) is 14.6. The van der Waals surface area contributed by atoms with Gasteiger partial charge in [-0.25, -0.2) is 0 Å². The van der Waals surface area contributed by atoms with Crippen LogP contribution in [0.15, 0.2) is 35.7 Å². The van der Waals surface area contributed by atoms with E-state index in [0.717, 1.165) is 43.4 Å². The number of amides is 1. The van der Waals surface area contributed by atoms with Gasteiger partial charge in [0.15, 0.2) is 17.6 Å². The van der Waals surface area contributed by atoms with E-state index in [2.05, 4.69) is 27.4 Å². The van der Waals surface area contributed by atoms with Gasteiger partial charge in [0, 0.05) is 32.7 Å². The molecule has 0 saturated carbocycles. The molecule has 8 heteroatoms. The number of β-amino-alcohol motifs (C(OH)–C–C–N with tert-alkyl or cyclic N) is 1. The van der Waals surface area contributed by atoms with Crippen molar-refractivity contribution in [2.45, 2.75) is 25.6 Å². The van der Waals surface area contributed by atoms with Crippen LogP contribution in [-0.2, 0) is 11.2 Å². The molecule has 30 heavy (non-hydrogen) atoms. The third-order valence-corrected chi connectivity index (χ3v) is 6.46. The van der Waals surface area contributed by atoms with Crippen molar-refractivity contribution in [3.8, 4) is 11.5 Å². The molecule has 2 aromatic rings. The number of thiophene rings is 1. The number of nitrogens with one attached hydrogen (secondary N) is 1. The molecule has 0 radical (unpaired) electrons. The van der Waals surface area contributed by atoms with Crippen LogP contribution in [0.5, 0.6) is 11.5 Å². The number of benzene rings is 1. The zero-order valence-corrected chi connectivity index (χ0v) is 18.1. The van der Waals surface area contributed by atoms with Gasteiger partial charge in [0.25, 0.3) is 0 Å². The van der Waals surface area contributed by atoms with Gasteiger partial charge in [-0.3, -0.25) is 14.6 Å². The van der Waals surface area contributed by atoms with Gasteiger partial charge in [-0.05, 0) is 35.6 Å². The Bertz CT molecular complexity index is 850. The fourth-order valence-corrected chi connectivity index (χ4v) is 4.65. The monoisotopic (exact) mass is 431 g/mol. The summed E-state index contributed by atoms with van der Waals surface area (Å²) in [5.74, 6) is 1.43. The molecule has 1 aromatic heterocycles. The zero-order valence-electron chi connectivity index (χ0n) is 17.3. The molecule has 7 nitrogen and oxygen atoms in total. The molecule has 3 heterocycles. The number of nitrogens with zero attached hydrogens (tertiary/aromatic N) is 2. The number of hydrogen-bond acceptors (Lipinski definition) is 7. The van der Waals surface area contributed by atoms with E-state index in [1.807, 2.05) is 30.3 Å². The molecule has 1 amide bonds. The highest BCUT2D eigenvalue weighted by molar-refractivity contribution is 7.14. The molecule has 0 bridgehead atoms. The second kappa shape index (κ2) is 9.78. The Morgan fingerprint density at radius 1 is 1.23 bits per heavy atom. The number of piperazine rings is 1. The van der Waals surface area contributed by atoms with Crippen molar-refractivity contribution in [1.82, 2.24) is 9.80 Å². The smallest absolute Gasteiger partial charge is 0.239 e. The molecule has 0 spiro atoms. The number of aliphatic hydroxyl groups is 1. The molecule has 2 aliphatic rings. The Morgan fingerprint density at radius 3 is 2.70 bits per heavy atom. The molecular formula is C22H29N3O4S. The number of rotatable bonds is 7. The molecule has 2 aliphatic heterocycles. The van der Waals surface area contributed by atoms with Crippen LogP contribution < -0.4 is 14.8 Å². The number of anilines is 1. The summed E-state index contributed by atoms with van der Waals surface area (Å²) in [6.45, 7) is 6.61. The van der Waals surface area contributed by atoms with E-state index < -0.39 is 6.10 Å². The minimum Gasteiger partial charge on any atom is -0.486 e. The van der Waals surface area contributed by atoms with E-state index in [9.17, 15) is 9.90 Å². The van der Waals surface area contributed by atoms with Gasteiger partial charge in [0.2, 0.25) is 5.91 Å².